The van der Waals surface area contributed by atoms with E-state index in [0.29, 0.717) is 15.7 Å². The summed E-state index contributed by atoms with van der Waals surface area (Å²) in [5.74, 6) is 0. The van der Waals surface area contributed by atoms with Crippen LogP contribution < -0.4 is 5.73 Å². The number of hydrogen-bond acceptors (Lipinski definition) is 2. The smallest absolute Gasteiger partial charge is 0.0594 e. The summed E-state index contributed by atoms with van der Waals surface area (Å²) in [6.45, 7) is 0. The van der Waals surface area contributed by atoms with Gasteiger partial charge in [-0.25, -0.2) is 0 Å². The van der Waals surface area contributed by atoms with Crippen LogP contribution in [-0.4, -0.2) is 4.98 Å². The van der Waals surface area contributed by atoms with Gasteiger partial charge in [-0.1, -0.05) is 29.3 Å². The Bertz CT molecular complexity index is 544. The number of anilines is 1. The van der Waals surface area contributed by atoms with Crippen LogP contribution >= 0.6 is 39.1 Å². The molecule has 0 spiro atoms. The molecule has 0 radical (unpaired) electrons. The molecule has 1 heterocycles. The van der Waals surface area contributed by atoms with Crippen LogP contribution in [0.5, 0.6) is 0 Å². The zero-order valence-corrected chi connectivity index (χ0v) is 11.1. The summed E-state index contributed by atoms with van der Waals surface area (Å²) in [4.78, 5) is 4.07. The molecule has 2 rings (SSSR count). The van der Waals surface area contributed by atoms with Crippen molar-refractivity contribution < 1.29 is 0 Å². The van der Waals surface area contributed by atoms with Crippen molar-refractivity contribution in [2.24, 2.45) is 0 Å². The van der Waals surface area contributed by atoms with Crippen molar-refractivity contribution in [2.45, 2.75) is 0 Å². The maximum Gasteiger partial charge on any atom is 0.0594 e. The summed E-state index contributed by atoms with van der Waals surface area (Å²) >= 11 is 15.3. The van der Waals surface area contributed by atoms with Crippen molar-refractivity contribution >= 4 is 44.8 Å². The molecule has 0 aliphatic rings. The van der Waals surface area contributed by atoms with E-state index in [1.54, 1.807) is 24.5 Å². The first kappa shape index (κ1) is 11.7. The molecule has 0 bridgehead atoms. The van der Waals surface area contributed by atoms with Gasteiger partial charge in [0, 0.05) is 28.5 Å². The summed E-state index contributed by atoms with van der Waals surface area (Å²) in [6, 6.07) is 5.27. The second-order valence-corrected chi connectivity index (χ2v) is 4.90. The highest BCUT2D eigenvalue weighted by Crippen LogP contribution is 2.35. The Morgan fingerprint density at radius 1 is 1.12 bits per heavy atom. The molecule has 1 aromatic heterocycles. The summed E-state index contributed by atoms with van der Waals surface area (Å²) in [5.41, 5.74) is 8.16. The van der Waals surface area contributed by atoms with Crippen LogP contribution in [0.25, 0.3) is 11.1 Å². The molecule has 0 saturated carbocycles. The first-order chi connectivity index (χ1) is 7.59. The summed E-state index contributed by atoms with van der Waals surface area (Å²) in [6.07, 6.45) is 3.32. The fourth-order valence-electron chi connectivity index (χ4n) is 1.37. The third kappa shape index (κ3) is 2.17. The van der Waals surface area contributed by atoms with E-state index in [0.717, 1.165) is 15.6 Å². The molecule has 2 nitrogen and oxygen atoms in total. The molecular formula is C11H7BrCl2N2. The number of aromatic nitrogens is 1. The highest BCUT2D eigenvalue weighted by Gasteiger charge is 2.09. The summed E-state index contributed by atoms with van der Waals surface area (Å²) in [5, 5.41) is 1.15. The number of nitrogens with zero attached hydrogens (tertiary/aromatic N) is 1. The van der Waals surface area contributed by atoms with Crippen molar-refractivity contribution in [2.75, 3.05) is 5.73 Å². The molecule has 2 N–H and O–H groups in total. The van der Waals surface area contributed by atoms with Gasteiger partial charge in [-0.3, -0.25) is 4.98 Å². The lowest BCUT2D eigenvalue weighted by Gasteiger charge is -2.08. The van der Waals surface area contributed by atoms with E-state index in [2.05, 4.69) is 20.9 Å². The van der Waals surface area contributed by atoms with Crippen molar-refractivity contribution in [1.82, 2.24) is 4.98 Å². The Hall–Kier alpha value is -0.770. The van der Waals surface area contributed by atoms with Gasteiger partial charge in [0.25, 0.3) is 0 Å². The van der Waals surface area contributed by atoms with Gasteiger partial charge in [-0.15, -0.1) is 0 Å². The Labute approximate surface area is 112 Å². The quantitative estimate of drug-likeness (QED) is 0.846. The number of nitrogens with two attached hydrogens (primary N) is 1. The predicted molar refractivity (Wildman–Crippen MR) is 71.8 cm³/mol. The topological polar surface area (TPSA) is 38.9 Å². The fourth-order valence-corrected chi connectivity index (χ4v) is 2.21. The highest BCUT2D eigenvalue weighted by molar-refractivity contribution is 9.10. The maximum absolute atomic E-state index is 6.11. The first-order valence-electron chi connectivity index (χ1n) is 4.44. The average Bonchev–Trinajstić information content (AvgIpc) is 2.23. The molecular weight excluding hydrogens is 311 g/mol. The number of hydrogen-bond donors (Lipinski definition) is 1. The predicted octanol–water partition coefficient (Wildman–Crippen LogP) is 4.40. The van der Waals surface area contributed by atoms with E-state index in [4.69, 9.17) is 28.9 Å². The highest BCUT2D eigenvalue weighted by atomic mass is 79.9. The van der Waals surface area contributed by atoms with Gasteiger partial charge >= 0.3 is 0 Å². The molecule has 0 aliphatic carbocycles. The zero-order valence-electron chi connectivity index (χ0n) is 8.05. The van der Waals surface area contributed by atoms with Crippen LogP contribution in [0.4, 0.5) is 5.69 Å². The minimum Gasteiger partial charge on any atom is -0.397 e. The molecule has 0 fully saturated rings. The summed E-state index contributed by atoms with van der Waals surface area (Å²) in [7, 11) is 0. The molecule has 0 aliphatic heterocycles. The van der Waals surface area contributed by atoms with Crippen molar-refractivity contribution in [3.8, 4) is 11.1 Å². The van der Waals surface area contributed by atoms with Crippen LogP contribution in [0.2, 0.25) is 10.0 Å². The van der Waals surface area contributed by atoms with Gasteiger partial charge in [0.1, 0.15) is 0 Å². The van der Waals surface area contributed by atoms with Crippen molar-refractivity contribution in [3.05, 3.63) is 45.1 Å². The van der Waals surface area contributed by atoms with Crippen LogP contribution in [0, 0.1) is 0 Å². The first-order valence-corrected chi connectivity index (χ1v) is 5.99. The molecule has 1 aromatic carbocycles. The molecule has 0 atom stereocenters. The molecule has 2 aromatic rings. The Morgan fingerprint density at radius 2 is 1.88 bits per heavy atom. The fraction of sp³-hybridized carbons (Fsp3) is 0. The lowest BCUT2D eigenvalue weighted by atomic mass is 10.1. The van der Waals surface area contributed by atoms with Crippen LogP contribution in [-0.2, 0) is 0 Å². The lowest BCUT2D eigenvalue weighted by Crippen LogP contribution is -1.93. The van der Waals surface area contributed by atoms with E-state index in [9.17, 15) is 0 Å². The molecule has 0 unspecified atom stereocenters. The Balaban J connectivity index is 2.63. The zero-order chi connectivity index (χ0) is 11.7. The second kappa shape index (κ2) is 4.62. The van der Waals surface area contributed by atoms with Gasteiger partial charge in [-0.05, 0) is 28.1 Å². The van der Waals surface area contributed by atoms with Crippen molar-refractivity contribution in [3.63, 3.8) is 0 Å². The monoisotopic (exact) mass is 316 g/mol. The second-order valence-electron chi connectivity index (χ2n) is 3.21. The van der Waals surface area contributed by atoms with E-state index in [1.807, 2.05) is 6.07 Å². The maximum atomic E-state index is 6.11. The van der Waals surface area contributed by atoms with Gasteiger partial charge < -0.3 is 5.73 Å². The SMILES string of the molecule is Nc1c(Br)cncc1-c1ccc(Cl)cc1Cl. The number of halogens is 3. The minimum absolute atomic E-state index is 0.555. The largest absolute Gasteiger partial charge is 0.397 e. The van der Waals surface area contributed by atoms with Gasteiger partial charge in [0.05, 0.1) is 15.2 Å². The molecule has 0 saturated heterocycles. The van der Waals surface area contributed by atoms with E-state index >= 15 is 0 Å². The normalized spacial score (nSPS) is 10.4. The van der Waals surface area contributed by atoms with Crippen LogP contribution in [0.1, 0.15) is 0 Å². The molecule has 0 amide bonds. The van der Waals surface area contributed by atoms with E-state index in [1.165, 1.54) is 0 Å². The lowest BCUT2D eigenvalue weighted by molar-refractivity contribution is 1.31. The van der Waals surface area contributed by atoms with Gasteiger partial charge in [-0.2, -0.15) is 0 Å². The van der Waals surface area contributed by atoms with E-state index < -0.39 is 0 Å². The third-order valence-electron chi connectivity index (χ3n) is 2.16. The average molecular weight is 318 g/mol. The Morgan fingerprint density at radius 3 is 2.56 bits per heavy atom. The minimum atomic E-state index is 0.555. The van der Waals surface area contributed by atoms with Crippen molar-refractivity contribution in [1.29, 1.82) is 0 Å². The van der Waals surface area contributed by atoms with Gasteiger partial charge in [0.15, 0.2) is 0 Å². The number of pyridine rings is 1. The molecule has 16 heavy (non-hydrogen) atoms. The number of rotatable bonds is 1. The number of nitrogen functional groups attached to an aromatic ring is 1. The van der Waals surface area contributed by atoms with Crippen LogP contribution in [0.15, 0.2) is 35.1 Å². The van der Waals surface area contributed by atoms with E-state index in [-0.39, 0.29) is 0 Å². The van der Waals surface area contributed by atoms with Gasteiger partial charge in [0.2, 0.25) is 0 Å². The van der Waals surface area contributed by atoms with Crippen LogP contribution in [0.3, 0.4) is 0 Å². The third-order valence-corrected chi connectivity index (χ3v) is 3.34. The molecule has 5 heteroatoms. The standard InChI is InChI=1S/C11H7BrCl2N2/c12-9-5-16-4-8(11(9)15)7-2-1-6(13)3-10(7)14/h1-5H,(H2,15,16). The summed E-state index contributed by atoms with van der Waals surface area (Å²) < 4.78 is 0.746. The Kier molecular flexibility index (Phi) is 3.38. The molecule has 82 valence electrons. The number of benzene rings is 1.